The fourth-order valence-corrected chi connectivity index (χ4v) is 3.34. The summed E-state index contributed by atoms with van der Waals surface area (Å²) in [6, 6.07) is 14.5. The molecule has 0 bridgehead atoms. The predicted molar refractivity (Wildman–Crippen MR) is 112 cm³/mol. The van der Waals surface area contributed by atoms with Gasteiger partial charge in [0, 0.05) is 29.0 Å². The van der Waals surface area contributed by atoms with Crippen LogP contribution in [-0.2, 0) is 0 Å². The van der Waals surface area contributed by atoms with Gasteiger partial charge in [-0.1, -0.05) is 23.9 Å². The number of benzene rings is 2. The number of hydrogen-bond donors (Lipinski definition) is 1. The minimum atomic E-state index is -2.61. The summed E-state index contributed by atoms with van der Waals surface area (Å²) in [7, 11) is 0. The molecule has 0 spiro atoms. The summed E-state index contributed by atoms with van der Waals surface area (Å²) < 4.78 is 32.9. The Bertz CT molecular complexity index is 1170. The van der Waals surface area contributed by atoms with Gasteiger partial charge in [-0.25, -0.2) is 15.0 Å². The number of alkyl halides is 2. The zero-order chi connectivity index (χ0) is 21.6. The molecule has 0 radical (unpaired) electrons. The summed E-state index contributed by atoms with van der Waals surface area (Å²) in [6.45, 7) is 0. The van der Waals surface area contributed by atoms with Gasteiger partial charge in [0.15, 0.2) is 0 Å². The number of anilines is 1. The average molecular weight is 439 g/mol. The molecule has 0 atom stereocenters. The Morgan fingerprint density at radius 3 is 2.65 bits per heavy atom. The van der Waals surface area contributed by atoms with Crippen LogP contribution in [0.4, 0.5) is 14.5 Å². The molecule has 0 aliphatic carbocycles. The number of carbonyl (C=O) groups excluding carboxylic acids is 1. The third kappa shape index (κ3) is 5.23. The standard InChI is InChI=1S/C21H15F2N5O2S/c22-21(23)31-17-4-2-1-3-16(17)20(29)27-14-5-7-15(8-6-14)30-19-11-18(25-12-26-19)28-10-9-24-13-28/h1-13,21H,(H,27,29). The van der Waals surface area contributed by atoms with Gasteiger partial charge in [-0.2, -0.15) is 8.78 Å². The molecule has 156 valence electrons. The summed E-state index contributed by atoms with van der Waals surface area (Å²) in [4.78, 5) is 25.0. The quantitative estimate of drug-likeness (QED) is 0.407. The highest BCUT2D eigenvalue weighted by Crippen LogP contribution is 2.29. The van der Waals surface area contributed by atoms with Crippen molar-refractivity contribution in [1.82, 2.24) is 19.5 Å². The van der Waals surface area contributed by atoms with Crippen LogP contribution in [0.1, 0.15) is 10.4 Å². The molecule has 4 aromatic rings. The van der Waals surface area contributed by atoms with Crippen LogP contribution in [0.2, 0.25) is 0 Å². The molecule has 2 heterocycles. The van der Waals surface area contributed by atoms with E-state index in [-0.39, 0.29) is 10.5 Å². The monoisotopic (exact) mass is 439 g/mol. The van der Waals surface area contributed by atoms with E-state index in [2.05, 4.69) is 20.3 Å². The van der Waals surface area contributed by atoms with Crippen molar-refractivity contribution in [3.05, 3.63) is 85.2 Å². The number of amides is 1. The van der Waals surface area contributed by atoms with Crippen LogP contribution in [0.15, 0.2) is 84.5 Å². The molecule has 0 saturated heterocycles. The van der Waals surface area contributed by atoms with Crippen molar-refractivity contribution in [2.45, 2.75) is 10.7 Å². The predicted octanol–water partition coefficient (Wildman–Crippen LogP) is 5.02. The first kappa shape index (κ1) is 20.5. The molecule has 7 nitrogen and oxygen atoms in total. The summed E-state index contributed by atoms with van der Waals surface area (Å²) in [5.41, 5.74) is 0.678. The summed E-state index contributed by atoms with van der Waals surface area (Å²) in [5, 5.41) is 2.70. The van der Waals surface area contributed by atoms with Crippen LogP contribution in [0.5, 0.6) is 11.6 Å². The van der Waals surface area contributed by atoms with Gasteiger partial charge in [-0.05, 0) is 36.4 Å². The normalized spacial score (nSPS) is 10.8. The largest absolute Gasteiger partial charge is 0.439 e. The van der Waals surface area contributed by atoms with Crippen molar-refractivity contribution in [2.75, 3.05) is 5.32 Å². The topological polar surface area (TPSA) is 81.9 Å². The zero-order valence-electron chi connectivity index (χ0n) is 15.9. The number of hydrogen-bond acceptors (Lipinski definition) is 6. The number of nitrogens with one attached hydrogen (secondary N) is 1. The van der Waals surface area contributed by atoms with E-state index in [1.54, 1.807) is 65.8 Å². The number of aromatic nitrogens is 4. The number of ether oxygens (including phenoxy) is 1. The van der Waals surface area contributed by atoms with E-state index in [9.17, 15) is 13.6 Å². The van der Waals surface area contributed by atoms with Crippen LogP contribution < -0.4 is 10.1 Å². The summed E-state index contributed by atoms with van der Waals surface area (Å²) in [6.07, 6.45) is 6.39. The van der Waals surface area contributed by atoms with Crippen LogP contribution in [0.25, 0.3) is 5.82 Å². The third-order valence-electron chi connectivity index (χ3n) is 4.08. The van der Waals surface area contributed by atoms with Crippen molar-refractivity contribution in [2.24, 2.45) is 0 Å². The van der Waals surface area contributed by atoms with Crippen molar-refractivity contribution < 1.29 is 18.3 Å². The number of rotatable bonds is 7. The van der Waals surface area contributed by atoms with E-state index in [1.165, 1.54) is 18.5 Å². The van der Waals surface area contributed by atoms with Gasteiger partial charge in [0.1, 0.15) is 24.2 Å². The zero-order valence-corrected chi connectivity index (χ0v) is 16.7. The SMILES string of the molecule is O=C(Nc1ccc(Oc2cc(-n3ccnc3)ncn2)cc1)c1ccccc1SC(F)F. The molecule has 0 aliphatic rings. The molecule has 0 saturated carbocycles. The second-order valence-corrected chi connectivity index (χ2v) is 7.17. The molecular formula is C21H15F2N5O2S. The lowest BCUT2D eigenvalue weighted by Crippen LogP contribution is -2.13. The number of thioether (sulfide) groups is 1. The number of imidazole rings is 1. The second-order valence-electron chi connectivity index (χ2n) is 6.14. The van der Waals surface area contributed by atoms with Crippen molar-refractivity contribution in [1.29, 1.82) is 0 Å². The molecule has 0 fully saturated rings. The van der Waals surface area contributed by atoms with E-state index in [4.69, 9.17) is 4.74 Å². The number of carbonyl (C=O) groups is 1. The highest BCUT2D eigenvalue weighted by atomic mass is 32.2. The lowest BCUT2D eigenvalue weighted by molar-refractivity contribution is 0.102. The maximum atomic E-state index is 12.7. The number of nitrogens with zero attached hydrogens (tertiary/aromatic N) is 4. The van der Waals surface area contributed by atoms with Crippen LogP contribution >= 0.6 is 11.8 Å². The first-order valence-corrected chi connectivity index (χ1v) is 9.90. The third-order valence-corrected chi connectivity index (χ3v) is 4.87. The van der Waals surface area contributed by atoms with Crippen molar-refractivity contribution >= 4 is 23.4 Å². The summed E-state index contributed by atoms with van der Waals surface area (Å²) in [5.74, 6) is -1.64. The molecule has 0 aliphatic heterocycles. The molecule has 2 aromatic carbocycles. The van der Waals surface area contributed by atoms with Gasteiger partial charge in [0.2, 0.25) is 5.88 Å². The van der Waals surface area contributed by atoms with Gasteiger partial charge in [-0.15, -0.1) is 0 Å². The van der Waals surface area contributed by atoms with Crippen molar-refractivity contribution in [3.63, 3.8) is 0 Å². The average Bonchev–Trinajstić information content (AvgIpc) is 3.30. The Hall–Kier alpha value is -3.79. The van der Waals surface area contributed by atoms with E-state index >= 15 is 0 Å². The van der Waals surface area contributed by atoms with Gasteiger partial charge >= 0.3 is 0 Å². The van der Waals surface area contributed by atoms with E-state index in [1.807, 2.05) is 0 Å². The lowest BCUT2D eigenvalue weighted by atomic mass is 10.2. The van der Waals surface area contributed by atoms with Crippen LogP contribution in [0, 0.1) is 0 Å². The Morgan fingerprint density at radius 1 is 1.10 bits per heavy atom. The van der Waals surface area contributed by atoms with Gasteiger partial charge in [-0.3, -0.25) is 9.36 Å². The molecule has 1 N–H and O–H groups in total. The first-order chi connectivity index (χ1) is 15.1. The second kappa shape index (κ2) is 9.35. The van der Waals surface area contributed by atoms with Gasteiger partial charge in [0.25, 0.3) is 11.7 Å². The fraction of sp³-hybridized carbons (Fsp3) is 0.0476. The van der Waals surface area contributed by atoms with E-state index < -0.39 is 11.7 Å². The van der Waals surface area contributed by atoms with Crippen LogP contribution in [-0.4, -0.2) is 31.2 Å². The first-order valence-electron chi connectivity index (χ1n) is 9.02. The Labute approximate surface area is 180 Å². The minimum absolute atomic E-state index is 0.182. The smallest absolute Gasteiger partial charge is 0.288 e. The fourth-order valence-electron chi connectivity index (χ4n) is 2.70. The summed E-state index contributed by atoms with van der Waals surface area (Å²) >= 11 is 0.336. The minimum Gasteiger partial charge on any atom is -0.439 e. The molecule has 10 heteroatoms. The maximum Gasteiger partial charge on any atom is 0.288 e. The molecular weight excluding hydrogens is 424 g/mol. The highest BCUT2D eigenvalue weighted by Gasteiger charge is 2.15. The Morgan fingerprint density at radius 2 is 1.90 bits per heavy atom. The molecule has 0 unspecified atom stereocenters. The van der Waals surface area contributed by atoms with Gasteiger partial charge in [0.05, 0.1) is 5.56 Å². The number of halogens is 2. The molecule has 4 rings (SSSR count). The maximum absolute atomic E-state index is 12.7. The van der Waals surface area contributed by atoms with E-state index in [0.29, 0.717) is 34.9 Å². The van der Waals surface area contributed by atoms with E-state index in [0.717, 1.165) is 0 Å². The molecule has 1 amide bonds. The molecule has 2 aromatic heterocycles. The Kier molecular flexibility index (Phi) is 6.18. The molecule has 31 heavy (non-hydrogen) atoms. The Balaban J connectivity index is 1.44. The van der Waals surface area contributed by atoms with Gasteiger partial charge < -0.3 is 10.1 Å². The lowest BCUT2D eigenvalue weighted by Gasteiger charge is -2.10. The van der Waals surface area contributed by atoms with Crippen LogP contribution in [0.3, 0.4) is 0 Å². The highest BCUT2D eigenvalue weighted by molar-refractivity contribution is 7.99. The van der Waals surface area contributed by atoms with Crippen molar-refractivity contribution in [3.8, 4) is 17.4 Å².